The van der Waals surface area contributed by atoms with Gasteiger partial charge in [-0.25, -0.2) is 0 Å². The van der Waals surface area contributed by atoms with Crippen LogP contribution in [0, 0.1) is 4.91 Å². The van der Waals surface area contributed by atoms with Crippen LogP contribution in [0.4, 0.5) is 0 Å². The molecule has 0 bridgehead atoms. The van der Waals surface area contributed by atoms with Crippen molar-refractivity contribution in [3.05, 3.63) is 4.91 Å². The molecule has 1 N–H and O–H groups in total. The van der Waals surface area contributed by atoms with Crippen LogP contribution < -0.4 is 0 Å². The van der Waals surface area contributed by atoms with Crippen LogP contribution in [0.25, 0.3) is 0 Å². The monoisotopic (exact) mass is 155 g/mol. The van der Waals surface area contributed by atoms with Gasteiger partial charge in [-0.05, 0) is 0 Å². The molecule has 7 nitrogen and oxygen atoms in total. The fourth-order valence-electron chi connectivity index (χ4n) is 0. The molecule has 0 saturated carbocycles. The third kappa shape index (κ3) is 71.3. The van der Waals surface area contributed by atoms with Crippen molar-refractivity contribution in [1.29, 1.82) is 0 Å². The highest BCUT2D eigenvalue weighted by Gasteiger charge is 1.18. The highest BCUT2D eigenvalue weighted by Crippen LogP contribution is 1.25. The van der Waals surface area contributed by atoms with E-state index < -0.39 is 11.6 Å². The van der Waals surface area contributed by atoms with Gasteiger partial charge in [0.25, 0.3) is 0 Å². The first-order valence-corrected chi connectivity index (χ1v) is 1.79. The molecule has 52 valence electrons. The highest BCUT2D eigenvalue weighted by atomic mass is 32.1. The van der Waals surface area contributed by atoms with Crippen molar-refractivity contribution in [3.63, 3.8) is 0 Å². The Labute approximate surface area is 52.2 Å². The predicted molar refractivity (Wildman–Crippen MR) is 21.5 cm³/mol. The zero-order valence-electron chi connectivity index (χ0n) is 3.84. The summed E-state index contributed by atoms with van der Waals surface area (Å²) in [5.74, 6) is 0. The average Bonchev–Trinajstić information content (AvgIpc) is 1.70. The summed E-state index contributed by atoms with van der Waals surface area (Å²) in [6.45, 7) is 0. The summed E-state index contributed by atoms with van der Waals surface area (Å²) >= 11 is -0.750. The molecule has 0 fully saturated rings. The Morgan fingerprint density at radius 3 is 1.33 bits per heavy atom. The quantitative estimate of drug-likeness (QED) is 0.350. The Kier molecular flexibility index (Phi) is 141. The van der Waals surface area contributed by atoms with E-state index in [1.807, 2.05) is 0 Å². The van der Waals surface area contributed by atoms with Crippen molar-refractivity contribution >= 4 is 17.7 Å². The minimum atomic E-state index is -0.750. The molecule has 0 aromatic rings. The molecule has 0 saturated heterocycles. The second kappa shape index (κ2) is 80.8. The van der Waals surface area contributed by atoms with Gasteiger partial charge in [-0.15, -0.1) is 4.91 Å². The first kappa shape index (κ1) is 15.6. The lowest BCUT2D eigenvalue weighted by Crippen LogP contribution is -1.25. The lowest BCUT2D eigenvalue weighted by molar-refractivity contribution is -0.191. The van der Waals surface area contributed by atoms with E-state index in [9.17, 15) is 0 Å². The van der Waals surface area contributed by atoms with Crippen molar-refractivity contribution < 1.29 is 23.2 Å². The largest absolute Gasteiger partial charge is 0.379 e. The van der Waals surface area contributed by atoms with Crippen LogP contribution in [0.5, 0.6) is 0 Å². The number of carbonyl (C=O) groups excluding carboxylic acids is 2. The molecule has 0 aliphatic rings. The third-order valence-electron chi connectivity index (χ3n) is 0. The minimum Gasteiger partial charge on any atom is -0.379 e. The standard InChI is InChI=1S/CO2.HNO2.O2S/c2*2-1-3;1-3-2/h;(H,2,3);. The van der Waals surface area contributed by atoms with Crippen LogP contribution in [-0.2, 0) is 21.2 Å². The first-order chi connectivity index (χ1) is 4.24. The van der Waals surface area contributed by atoms with Gasteiger partial charge in [-0.3, -0.25) is 0 Å². The maximum absolute atomic E-state index is 8.29. The molecule has 0 aliphatic heterocycles. The van der Waals surface area contributed by atoms with Gasteiger partial charge in [-0.1, -0.05) is 0 Å². The molecule has 0 amide bonds. The van der Waals surface area contributed by atoms with Gasteiger partial charge in [0.2, 0.25) is 0 Å². The summed E-state index contributed by atoms with van der Waals surface area (Å²) in [7, 11) is 0. The normalized spacial score (nSPS) is 3.56. The van der Waals surface area contributed by atoms with Gasteiger partial charge in [0.15, 0.2) is 5.34 Å². The summed E-state index contributed by atoms with van der Waals surface area (Å²) in [6, 6.07) is 0. The van der Waals surface area contributed by atoms with Gasteiger partial charge in [0, 0.05) is 0 Å². The maximum atomic E-state index is 8.29. The first-order valence-electron chi connectivity index (χ1n) is 1.12. The summed E-state index contributed by atoms with van der Waals surface area (Å²) < 4.78 is 16.6. The Hall–Kier alpha value is -1.40. The molecule has 0 spiro atoms. The molecule has 0 aliphatic carbocycles. The smallest absolute Gasteiger partial charge is 0.373 e. The van der Waals surface area contributed by atoms with E-state index in [2.05, 4.69) is 0 Å². The number of rotatable bonds is 0. The molecule has 0 radical (unpaired) electrons. The van der Waals surface area contributed by atoms with E-state index in [0.29, 0.717) is 0 Å². The summed E-state index contributed by atoms with van der Waals surface area (Å²) in [4.78, 5) is 24.4. The summed E-state index contributed by atoms with van der Waals surface area (Å²) in [5.41, 5.74) is 0. The van der Waals surface area contributed by atoms with Crippen molar-refractivity contribution in [1.82, 2.24) is 0 Å². The average molecular weight is 155 g/mol. The van der Waals surface area contributed by atoms with E-state index in [-0.39, 0.29) is 6.15 Å². The predicted octanol–water partition coefficient (Wildman–Crippen LogP) is -1.11. The SMILES string of the molecule is O=C=O.O=NO.O=S=O. The van der Waals surface area contributed by atoms with Crippen LogP contribution in [0.3, 0.4) is 0 Å². The molecule has 0 aromatic heterocycles. The Morgan fingerprint density at radius 1 is 1.33 bits per heavy atom. The molecular formula is CHNO6S. The molecule has 0 aromatic carbocycles. The topological polar surface area (TPSA) is 118 Å². The molecular weight excluding hydrogens is 154 g/mol. The third-order valence-corrected chi connectivity index (χ3v) is 0. The van der Waals surface area contributed by atoms with E-state index in [1.54, 1.807) is 0 Å². The van der Waals surface area contributed by atoms with E-state index in [0.717, 1.165) is 0 Å². The Balaban J connectivity index is -0.0000000600. The highest BCUT2D eigenvalue weighted by molar-refractivity contribution is 7.51. The minimum absolute atomic E-state index is 0.250. The van der Waals surface area contributed by atoms with Crippen molar-refractivity contribution in [3.8, 4) is 0 Å². The molecule has 0 atom stereocenters. The van der Waals surface area contributed by atoms with Gasteiger partial charge in [0.05, 0.1) is 0 Å². The van der Waals surface area contributed by atoms with Crippen molar-refractivity contribution in [2.75, 3.05) is 0 Å². The van der Waals surface area contributed by atoms with Gasteiger partial charge in [0.1, 0.15) is 0 Å². The van der Waals surface area contributed by atoms with Gasteiger partial charge >= 0.3 is 17.7 Å². The molecule has 0 unspecified atom stereocenters. The van der Waals surface area contributed by atoms with Crippen LogP contribution >= 0.6 is 0 Å². The summed E-state index contributed by atoms with van der Waals surface area (Å²) in [5, 5.41) is 7.89. The van der Waals surface area contributed by atoms with Gasteiger partial charge in [-0.2, -0.15) is 18.0 Å². The maximum Gasteiger partial charge on any atom is 0.373 e. The van der Waals surface area contributed by atoms with Gasteiger partial charge < -0.3 is 5.21 Å². The second-order valence-corrected chi connectivity index (χ2v) is 0.369. The van der Waals surface area contributed by atoms with Crippen molar-refractivity contribution in [2.24, 2.45) is 5.34 Å². The number of hydrogen-bond acceptors (Lipinski definition) is 6. The van der Waals surface area contributed by atoms with Crippen molar-refractivity contribution in [2.45, 2.75) is 0 Å². The molecule has 0 heterocycles. The molecule has 9 heavy (non-hydrogen) atoms. The van der Waals surface area contributed by atoms with Crippen LogP contribution in [0.1, 0.15) is 0 Å². The van der Waals surface area contributed by atoms with E-state index in [1.165, 1.54) is 5.34 Å². The fourth-order valence-corrected chi connectivity index (χ4v) is 0. The Morgan fingerprint density at radius 2 is 1.33 bits per heavy atom. The number of hydrogen-bond donors (Lipinski definition) is 1. The van der Waals surface area contributed by atoms with Crippen LogP contribution in [0.15, 0.2) is 5.34 Å². The van der Waals surface area contributed by atoms with Crippen LogP contribution in [0.2, 0.25) is 0 Å². The second-order valence-electron chi connectivity index (χ2n) is 0.233. The number of nitrogens with zero attached hydrogens (tertiary/aromatic N) is 1. The fraction of sp³-hybridized carbons (Fsp3) is 0. The zero-order chi connectivity index (χ0) is 8.12. The molecule has 0 rings (SSSR count). The Bertz CT molecular complexity index is 96.2. The van der Waals surface area contributed by atoms with E-state index in [4.69, 9.17) is 28.1 Å². The van der Waals surface area contributed by atoms with Crippen LogP contribution in [-0.4, -0.2) is 19.8 Å². The summed E-state index contributed by atoms with van der Waals surface area (Å²) in [6.07, 6.45) is 0.250. The lowest BCUT2D eigenvalue weighted by Gasteiger charge is -1.32. The molecule has 8 heteroatoms. The zero-order valence-corrected chi connectivity index (χ0v) is 4.66. The lowest BCUT2D eigenvalue weighted by atomic mass is 11.8. The van der Waals surface area contributed by atoms with E-state index >= 15 is 0 Å².